The first-order chi connectivity index (χ1) is 7.67. The van der Waals surface area contributed by atoms with E-state index in [4.69, 9.17) is 10.2 Å². The predicted molar refractivity (Wildman–Crippen MR) is 44.7 cm³/mol. The van der Waals surface area contributed by atoms with Gasteiger partial charge in [0, 0.05) is 13.0 Å². The van der Waals surface area contributed by atoms with Gasteiger partial charge in [-0.2, -0.15) is 8.78 Å². The van der Waals surface area contributed by atoms with Crippen LogP contribution in [0.5, 0.6) is 0 Å². The molecule has 1 rings (SSSR count). The molecular weight excluding hydrogens is 250 g/mol. The monoisotopic (exact) mass is 259 g/mol. The molecule has 17 heavy (non-hydrogen) atoms. The number of likely N-dealkylation sites (tertiary alicyclic amines) is 1. The maximum atomic E-state index is 12.7. The molecule has 1 aliphatic heterocycles. The van der Waals surface area contributed by atoms with Crippen molar-refractivity contribution in [1.82, 2.24) is 4.90 Å². The Morgan fingerprint density at radius 3 is 2.29 bits per heavy atom. The van der Waals surface area contributed by atoms with E-state index in [9.17, 15) is 27.2 Å². The molecule has 1 amide bonds. The fourth-order valence-electron chi connectivity index (χ4n) is 1.56. The molecule has 0 aliphatic carbocycles. The van der Waals surface area contributed by atoms with Gasteiger partial charge in [0.05, 0.1) is 6.10 Å². The van der Waals surface area contributed by atoms with Gasteiger partial charge in [-0.3, -0.25) is 4.79 Å². The van der Waals surface area contributed by atoms with Crippen LogP contribution in [0.2, 0.25) is 0 Å². The molecule has 98 valence electrons. The summed E-state index contributed by atoms with van der Waals surface area (Å²) in [6.07, 6.45) is -5.99. The van der Waals surface area contributed by atoms with E-state index in [2.05, 4.69) is 0 Å². The van der Waals surface area contributed by atoms with Crippen LogP contribution in [-0.4, -0.2) is 58.0 Å². The lowest BCUT2D eigenvalue weighted by atomic mass is 10.2. The molecule has 0 bridgehead atoms. The molecule has 5 nitrogen and oxygen atoms in total. The van der Waals surface area contributed by atoms with Crippen LogP contribution in [0.3, 0.4) is 0 Å². The third-order valence-corrected chi connectivity index (χ3v) is 2.38. The van der Waals surface area contributed by atoms with Crippen molar-refractivity contribution in [2.24, 2.45) is 0 Å². The Morgan fingerprint density at radius 1 is 1.35 bits per heavy atom. The molecule has 1 unspecified atom stereocenters. The molecular formula is C8H9F4NO4. The molecule has 0 aromatic rings. The molecule has 0 radical (unpaired) electrons. The lowest BCUT2D eigenvalue weighted by molar-refractivity contribution is -0.183. The van der Waals surface area contributed by atoms with Gasteiger partial charge in [-0.25, -0.2) is 13.6 Å². The second-order valence-corrected chi connectivity index (χ2v) is 3.62. The lowest BCUT2D eigenvalue weighted by Gasteiger charge is -2.25. The van der Waals surface area contributed by atoms with Crippen molar-refractivity contribution < 1.29 is 37.4 Å². The van der Waals surface area contributed by atoms with Gasteiger partial charge in [-0.1, -0.05) is 0 Å². The van der Waals surface area contributed by atoms with E-state index in [1.54, 1.807) is 0 Å². The first kappa shape index (κ1) is 13.7. The van der Waals surface area contributed by atoms with Crippen molar-refractivity contribution in [1.29, 1.82) is 0 Å². The van der Waals surface area contributed by atoms with Crippen LogP contribution in [0.1, 0.15) is 6.42 Å². The summed E-state index contributed by atoms with van der Waals surface area (Å²) in [6.45, 7) is -0.696. The van der Waals surface area contributed by atoms with E-state index in [1.165, 1.54) is 0 Å². The molecule has 0 aromatic heterocycles. The van der Waals surface area contributed by atoms with Crippen molar-refractivity contribution in [2.75, 3.05) is 6.54 Å². The number of aliphatic hydroxyl groups excluding tert-OH is 1. The van der Waals surface area contributed by atoms with Crippen molar-refractivity contribution in [3.63, 3.8) is 0 Å². The van der Waals surface area contributed by atoms with Crippen LogP contribution in [0.25, 0.3) is 0 Å². The first-order valence-corrected chi connectivity index (χ1v) is 4.55. The van der Waals surface area contributed by atoms with Crippen LogP contribution in [-0.2, 0) is 9.59 Å². The fourth-order valence-corrected chi connectivity index (χ4v) is 1.56. The minimum absolute atomic E-state index is 0.0686. The quantitative estimate of drug-likeness (QED) is 0.696. The summed E-state index contributed by atoms with van der Waals surface area (Å²) in [6, 6.07) is -1.71. The van der Waals surface area contributed by atoms with Gasteiger partial charge in [0.1, 0.15) is 6.04 Å². The number of hydrogen-bond acceptors (Lipinski definition) is 3. The Labute approximate surface area is 92.6 Å². The lowest BCUT2D eigenvalue weighted by Crippen LogP contribution is -2.51. The van der Waals surface area contributed by atoms with Crippen LogP contribution in [0.4, 0.5) is 17.6 Å². The standard InChI is InChI=1S/C8H9F4NO4/c9-6(10)8(11,12)7(17)13-2-3(14)1-4(13)5(15)16/h3-4,6,14H,1-2H2,(H,15,16)/t3?,4-/m0/s1. The summed E-state index contributed by atoms with van der Waals surface area (Å²) in [5.41, 5.74) is 0. The number of carboxylic acid groups (broad SMARTS) is 1. The minimum Gasteiger partial charge on any atom is -0.480 e. The number of carbonyl (C=O) groups excluding carboxylic acids is 1. The average Bonchev–Trinajstić information content (AvgIpc) is 2.58. The number of carbonyl (C=O) groups is 2. The van der Waals surface area contributed by atoms with Crippen LogP contribution in [0.15, 0.2) is 0 Å². The molecule has 1 fully saturated rings. The van der Waals surface area contributed by atoms with E-state index >= 15 is 0 Å². The number of hydrogen-bond donors (Lipinski definition) is 2. The Bertz CT molecular complexity index is 335. The van der Waals surface area contributed by atoms with Gasteiger partial charge in [0.2, 0.25) is 0 Å². The summed E-state index contributed by atoms with van der Waals surface area (Å²) >= 11 is 0. The van der Waals surface area contributed by atoms with E-state index in [-0.39, 0.29) is 4.90 Å². The zero-order valence-corrected chi connectivity index (χ0v) is 8.32. The van der Waals surface area contributed by atoms with E-state index < -0.39 is 49.3 Å². The molecule has 1 saturated heterocycles. The van der Waals surface area contributed by atoms with E-state index in [1.807, 2.05) is 0 Å². The van der Waals surface area contributed by atoms with E-state index in [0.29, 0.717) is 0 Å². The molecule has 1 heterocycles. The molecule has 1 aliphatic rings. The molecule has 0 aromatic carbocycles. The van der Waals surface area contributed by atoms with Crippen molar-refractivity contribution in [2.45, 2.75) is 30.9 Å². The number of carboxylic acids is 1. The highest BCUT2D eigenvalue weighted by Crippen LogP contribution is 2.29. The molecule has 0 spiro atoms. The molecule has 2 N–H and O–H groups in total. The Morgan fingerprint density at radius 2 is 1.88 bits per heavy atom. The number of rotatable bonds is 3. The highest BCUT2D eigenvalue weighted by Gasteiger charge is 2.55. The Balaban J connectivity index is 2.92. The van der Waals surface area contributed by atoms with Gasteiger partial charge in [-0.05, 0) is 0 Å². The van der Waals surface area contributed by atoms with Gasteiger partial charge in [0.15, 0.2) is 0 Å². The van der Waals surface area contributed by atoms with Crippen molar-refractivity contribution >= 4 is 11.9 Å². The smallest absolute Gasteiger partial charge is 0.383 e. The highest BCUT2D eigenvalue weighted by molar-refractivity contribution is 5.89. The van der Waals surface area contributed by atoms with E-state index in [0.717, 1.165) is 0 Å². The second-order valence-electron chi connectivity index (χ2n) is 3.62. The average molecular weight is 259 g/mol. The summed E-state index contributed by atoms with van der Waals surface area (Å²) in [5.74, 6) is -8.85. The van der Waals surface area contributed by atoms with Crippen molar-refractivity contribution in [3.05, 3.63) is 0 Å². The molecule has 2 atom stereocenters. The van der Waals surface area contributed by atoms with Gasteiger partial charge in [-0.15, -0.1) is 0 Å². The topological polar surface area (TPSA) is 77.8 Å². The molecule has 0 saturated carbocycles. The second kappa shape index (κ2) is 4.47. The summed E-state index contributed by atoms with van der Waals surface area (Å²) in [5, 5.41) is 17.7. The maximum absolute atomic E-state index is 12.7. The number of aliphatic carboxylic acids is 1. The number of aliphatic hydroxyl groups is 1. The zero-order chi connectivity index (χ0) is 13.4. The van der Waals surface area contributed by atoms with Gasteiger partial charge < -0.3 is 15.1 Å². The third kappa shape index (κ3) is 2.48. The Kier molecular flexibility index (Phi) is 3.60. The normalized spacial score (nSPS) is 25.4. The number of halogens is 4. The summed E-state index contributed by atoms with van der Waals surface area (Å²) < 4.78 is 49.3. The number of amides is 1. The molecule has 9 heteroatoms. The number of β-amino-alcohol motifs (C(OH)–C–C–N with tert-alkyl or cyclic N) is 1. The fraction of sp³-hybridized carbons (Fsp3) is 0.750. The van der Waals surface area contributed by atoms with Gasteiger partial charge in [0.25, 0.3) is 5.91 Å². The maximum Gasteiger partial charge on any atom is 0.383 e. The number of nitrogens with zero attached hydrogens (tertiary/aromatic N) is 1. The zero-order valence-electron chi connectivity index (χ0n) is 8.32. The van der Waals surface area contributed by atoms with Crippen LogP contribution in [0, 0.1) is 0 Å². The predicted octanol–water partition coefficient (Wildman–Crippen LogP) is -0.0668. The van der Waals surface area contributed by atoms with Crippen LogP contribution < -0.4 is 0 Å². The largest absolute Gasteiger partial charge is 0.480 e. The summed E-state index contributed by atoms with van der Waals surface area (Å²) in [4.78, 5) is 21.8. The highest BCUT2D eigenvalue weighted by atomic mass is 19.3. The summed E-state index contributed by atoms with van der Waals surface area (Å²) in [7, 11) is 0. The minimum atomic E-state index is -4.95. The first-order valence-electron chi connectivity index (χ1n) is 4.55. The van der Waals surface area contributed by atoms with Gasteiger partial charge >= 0.3 is 18.3 Å². The number of alkyl halides is 4. The van der Waals surface area contributed by atoms with Crippen molar-refractivity contribution in [3.8, 4) is 0 Å². The SMILES string of the molecule is O=C(O)[C@@H]1CC(O)CN1C(=O)C(F)(F)C(F)F. The third-order valence-electron chi connectivity index (χ3n) is 2.38. The van der Waals surface area contributed by atoms with Crippen LogP contribution >= 0.6 is 0 Å². The Hall–Kier alpha value is -1.38.